The number of aliphatic carboxylic acids is 1. The number of imidazole rings is 1. The van der Waals surface area contributed by atoms with E-state index in [4.69, 9.17) is 0 Å². The number of carbonyl (C=O) groups is 1. The predicted molar refractivity (Wildman–Crippen MR) is 91.0 cm³/mol. The number of carbonyl (C=O) groups excluding carboxylic acids is 1. The SMILES string of the molecule is CCCCCCCCCCCc1n(C)c(C)c[n+]1C(C)C(=O)[O-]. The van der Waals surface area contributed by atoms with E-state index in [0.29, 0.717) is 0 Å². The molecule has 0 bridgehead atoms. The number of hydrogen-bond donors (Lipinski definition) is 0. The number of hydrogen-bond acceptors (Lipinski definition) is 2. The van der Waals surface area contributed by atoms with E-state index < -0.39 is 12.0 Å². The Hall–Kier alpha value is -1.32. The molecular formula is C19H34N2O2. The first-order valence-corrected chi connectivity index (χ1v) is 9.26. The summed E-state index contributed by atoms with van der Waals surface area (Å²) in [6, 6.07) is -0.608. The number of aryl methyl sites for hydroxylation is 1. The van der Waals surface area contributed by atoms with Gasteiger partial charge < -0.3 is 9.90 Å². The van der Waals surface area contributed by atoms with Gasteiger partial charge in [0.05, 0.1) is 13.0 Å². The maximum atomic E-state index is 11.2. The van der Waals surface area contributed by atoms with Gasteiger partial charge in [-0.3, -0.25) is 0 Å². The van der Waals surface area contributed by atoms with Gasteiger partial charge in [-0.25, -0.2) is 9.13 Å². The van der Waals surface area contributed by atoms with E-state index in [1.54, 1.807) is 6.92 Å². The number of unbranched alkanes of at least 4 members (excludes halogenated alkanes) is 8. The van der Waals surface area contributed by atoms with Gasteiger partial charge in [-0.1, -0.05) is 58.3 Å². The molecular weight excluding hydrogens is 288 g/mol. The molecule has 0 aromatic carbocycles. The van der Waals surface area contributed by atoms with E-state index in [2.05, 4.69) is 11.5 Å². The second-order valence-electron chi connectivity index (χ2n) is 6.73. The van der Waals surface area contributed by atoms with Crippen molar-refractivity contribution in [3.63, 3.8) is 0 Å². The van der Waals surface area contributed by atoms with Gasteiger partial charge >= 0.3 is 0 Å². The van der Waals surface area contributed by atoms with Crippen LogP contribution in [0.5, 0.6) is 0 Å². The molecule has 0 spiro atoms. The van der Waals surface area contributed by atoms with Crippen LogP contribution in [0, 0.1) is 6.92 Å². The number of carboxylic acid groups (broad SMARTS) is 1. The molecule has 0 aliphatic rings. The van der Waals surface area contributed by atoms with Crippen LogP contribution in [0.25, 0.3) is 0 Å². The van der Waals surface area contributed by atoms with Gasteiger partial charge in [-0.15, -0.1) is 0 Å². The van der Waals surface area contributed by atoms with Crippen molar-refractivity contribution in [3.05, 3.63) is 17.7 Å². The molecule has 0 fully saturated rings. The van der Waals surface area contributed by atoms with Crippen LogP contribution in [0.2, 0.25) is 0 Å². The summed E-state index contributed by atoms with van der Waals surface area (Å²) in [6.07, 6.45) is 14.6. The number of aromatic nitrogens is 2. The zero-order valence-corrected chi connectivity index (χ0v) is 15.4. The molecule has 1 rings (SSSR count). The van der Waals surface area contributed by atoms with Crippen LogP contribution < -0.4 is 9.67 Å². The first-order valence-electron chi connectivity index (χ1n) is 9.26. The average Bonchev–Trinajstić information content (AvgIpc) is 2.80. The molecule has 0 radical (unpaired) electrons. The van der Waals surface area contributed by atoms with Crippen LogP contribution in [0.3, 0.4) is 0 Å². The van der Waals surface area contributed by atoms with E-state index in [0.717, 1.165) is 24.4 Å². The largest absolute Gasteiger partial charge is 0.546 e. The van der Waals surface area contributed by atoms with Crippen molar-refractivity contribution in [1.82, 2.24) is 4.57 Å². The van der Waals surface area contributed by atoms with Crippen molar-refractivity contribution in [2.45, 2.75) is 91.0 Å². The minimum atomic E-state index is -1.02. The van der Waals surface area contributed by atoms with Crippen molar-refractivity contribution < 1.29 is 14.5 Å². The Morgan fingerprint density at radius 1 is 1.13 bits per heavy atom. The summed E-state index contributed by atoms with van der Waals surface area (Å²) >= 11 is 0. The predicted octanol–water partition coefficient (Wildman–Crippen LogP) is 3.01. The minimum Gasteiger partial charge on any atom is -0.546 e. The highest BCUT2D eigenvalue weighted by atomic mass is 16.4. The fourth-order valence-electron chi connectivity index (χ4n) is 3.08. The maximum absolute atomic E-state index is 11.2. The first-order chi connectivity index (χ1) is 11.0. The summed E-state index contributed by atoms with van der Waals surface area (Å²) in [6.45, 7) is 5.95. The Balaban J connectivity index is 2.36. The fraction of sp³-hybridized carbons (Fsp3) is 0.789. The zero-order valence-electron chi connectivity index (χ0n) is 15.4. The van der Waals surface area contributed by atoms with Gasteiger partial charge in [0.25, 0.3) is 5.82 Å². The minimum absolute atomic E-state index is 0.608. The monoisotopic (exact) mass is 322 g/mol. The topological polar surface area (TPSA) is 48.9 Å². The van der Waals surface area contributed by atoms with E-state index in [-0.39, 0.29) is 0 Å². The third-order valence-corrected chi connectivity index (χ3v) is 4.80. The highest BCUT2D eigenvalue weighted by Crippen LogP contribution is 2.12. The van der Waals surface area contributed by atoms with Crippen molar-refractivity contribution >= 4 is 5.97 Å². The molecule has 132 valence electrons. The third kappa shape index (κ3) is 6.36. The molecule has 0 amide bonds. The van der Waals surface area contributed by atoms with Gasteiger partial charge in [0.15, 0.2) is 0 Å². The molecule has 4 heteroatoms. The van der Waals surface area contributed by atoms with Gasteiger partial charge in [0.1, 0.15) is 17.9 Å². The summed E-state index contributed by atoms with van der Waals surface area (Å²) in [4.78, 5) is 11.2. The van der Waals surface area contributed by atoms with Crippen LogP contribution in [0.15, 0.2) is 6.20 Å². The number of nitrogens with zero attached hydrogens (tertiary/aromatic N) is 2. The number of carboxylic acids is 1. The lowest BCUT2D eigenvalue weighted by atomic mass is 10.1. The molecule has 1 aromatic heterocycles. The summed E-state index contributed by atoms with van der Waals surface area (Å²) in [5.74, 6) is 0.0658. The highest BCUT2D eigenvalue weighted by molar-refractivity contribution is 5.66. The first kappa shape index (κ1) is 19.7. The van der Waals surface area contributed by atoms with Crippen LogP contribution in [0.1, 0.15) is 89.2 Å². The number of rotatable bonds is 12. The third-order valence-electron chi connectivity index (χ3n) is 4.80. The van der Waals surface area contributed by atoms with Crippen LogP contribution in [0.4, 0.5) is 0 Å². The molecule has 1 unspecified atom stereocenters. The highest BCUT2D eigenvalue weighted by Gasteiger charge is 2.22. The van der Waals surface area contributed by atoms with Crippen molar-refractivity contribution in [1.29, 1.82) is 0 Å². The molecule has 0 aliphatic heterocycles. The van der Waals surface area contributed by atoms with Crippen molar-refractivity contribution in [2.75, 3.05) is 0 Å². The summed E-state index contributed by atoms with van der Waals surface area (Å²) in [5.41, 5.74) is 1.09. The molecule has 0 aliphatic carbocycles. The summed E-state index contributed by atoms with van der Waals surface area (Å²) in [5, 5.41) is 11.2. The molecule has 0 N–H and O–H groups in total. The standard InChI is InChI=1S/C19H34N2O2/c1-5-6-7-8-9-10-11-12-13-14-18-20(4)16(2)15-21(18)17(3)19(22)23/h15,17H,5-14H2,1-4H3. The quantitative estimate of drug-likeness (QED) is 0.439. The zero-order chi connectivity index (χ0) is 17.2. The Morgan fingerprint density at radius 3 is 2.17 bits per heavy atom. The van der Waals surface area contributed by atoms with E-state index in [9.17, 15) is 9.90 Å². The van der Waals surface area contributed by atoms with E-state index >= 15 is 0 Å². The Morgan fingerprint density at radius 2 is 1.65 bits per heavy atom. The molecule has 0 saturated heterocycles. The Labute approximate surface area is 141 Å². The molecule has 1 aromatic rings. The molecule has 23 heavy (non-hydrogen) atoms. The lowest BCUT2D eigenvalue weighted by Crippen LogP contribution is -2.49. The molecule has 4 nitrogen and oxygen atoms in total. The summed E-state index contributed by atoms with van der Waals surface area (Å²) in [7, 11) is 2.01. The second-order valence-corrected chi connectivity index (χ2v) is 6.73. The average molecular weight is 322 g/mol. The normalized spacial score (nSPS) is 12.5. The van der Waals surface area contributed by atoms with Gasteiger partial charge in [0, 0.05) is 13.3 Å². The smallest absolute Gasteiger partial charge is 0.256 e. The lowest BCUT2D eigenvalue weighted by molar-refractivity contribution is -0.719. The van der Waals surface area contributed by atoms with Crippen LogP contribution in [-0.2, 0) is 18.3 Å². The Kier molecular flexibility index (Phi) is 8.97. The molecule has 1 heterocycles. The molecule has 0 saturated carbocycles. The maximum Gasteiger partial charge on any atom is 0.256 e. The van der Waals surface area contributed by atoms with E-state index in [1.807, 2.05) is 24.7 Å². The summed E-state index contributed by atoms with van der Waals surface area (Å²) < 4.78 is 3.96. The lowest BCUT2D eigenvalue weighted by Gasteiger charge is -2.11. The van der Waals surface area contributed by atoms with Crippen molar-refractivity contribution in [2.24, 2.45) is 7.05 Å². The van der Waals surface area contributed by atoms with E-state index in [1.165, 1.54) is 51.4 Å². The second kappa shape index (κ2) is 10.5. The van der Waals surface area contributed by atoms with Crippen LogP contribution >= 0.6 is 0 Å². The fourth-order valence-corrected chi connectivity index (χ4v) is 3.08. The van der Waals surface area contributed by atoms with Gasteiger partial charge in [-0.05, 0) is 13.3 Å². The van der Waals surface area contributed by atoms with Crippen LogP contribution in [-0.4, -0.2) is 10.5 Å². The van der Waals surface area contributed by atoms with Crippen molar-refractivity contribution in [3.8, 4) is 0 Å². The Bertz CT molecular complexity index is 480. The molecule has 1 atom stereocenters. The van der Waals surface area contributed by atoms with Gasteiger partial charge in [-0.2, -0.15) is 0 Å². The van der Waals surface area contributed by atoms with Gasteiger partial charge in [0.2, 0.25) is 0 Å².